The summed E-state index contributed by atoms with van der Waals surface area (Å²) in [7, 11) is 1.95. The molecule has 0 aliphatic carbocycles. The normalized spacial score (nSPS) is 18.2. The molecule has 2 atom stereocenters. The largest absolute Gasteiger partial charge is 0.488 e. The molecule has 13 heteroatoms. The number of aliphatic hydroxyl groups excluding tert-OH is 1. The summed E-state index contributed by atoms with van der Waals surface area (Å²) in [4.78, 5) is 27.3. The van der Waals surface area contributed by atoms with E-state index in [4.69, 9.17) is 9.84 Å². The minimum atomic E-state index is -0.780. The second-order valence-corrected chi connectivity index (χ2v) is 12.5. The van der Waals surface area contributed by atoms with Crippen LogP contribution >= 0.6 is 0 Å². The quantitative estimate of drug-likeness (QED) is 0.279. The molecule has 3 aromatic carbocycles. The van der Waals surface area contributed by atoms with Crippen LogP contribution in [0.25, 0.3) is 38.8 Å². The van der Waals surface area contributed by atoms with Crippen molar-refractivity contribution in [1.82, 2.24) is 34.4 Å². The van der Waals surface area contributed by atoms with Gasteiger partial charge in [0.05, 0.1) is 23.6 Å². The SMILES string of the molecule is Cn1nc2cccc3c2c1CCCN(CCCO)C(=O)[C@@H]1CC(CN1c1ncnc2c1cnn2-c1ccc(F)cc1F)Oc1cccc-3c1. The second kappa shape index (κ2) is 12.5. The van der Waals surface area contributed by atoms with Crippen molar-refractivity contribution in [2.75, 3.05) is 31.1 Å². The Morgan fingerprint density at radius 2 is 1.94 bits per heavy atom. The van der Waals surface area contributed by atoms with Gasteiger partial charge in [0.1, 0.15) is 41.5 Å². The van der Waals surface area contributed by atoms with Crippen molar-refractivity contribution in [3.8, 4) is 22.6 Å². The number of hydrogen-bond acceptors (Lipinski definition) is 8. The van der Waals surface area contributed by atoms with Gasteiger partial charge in [-0.2, -0.15) is 10.2 Å². The molecular weight excluding hydrogens is 630 g/mol. The van der Waals surface area contributed by atoms with Gasteiger partial charge in [-0.3, -0.25) is 9.48 Å². The molecule has 6 aromatic rings. The number of aliphatic hydroxyl groups is 1. The highest BCUT2D eigenvalue weighted by Crippen LogP contribution is 2.36. The number of nitrogens with zero attached hydrogens (tertiary/aromatic N) is 8. The fraction of sp³-hybridized carbons (Fsp3) is 0.306. The number of benzene rings is 3. The van der Waals surface area contributed by atoms with E-state index in [1.807, 2.05) is 51.9 Å². The fourth-order valence-corrected chi connectivity index (χ4v) is 7.25. The number of fused-ring (bicyclic) bond motifs is 6. The predicted molar refractivity (Wildman–Crippen MR) is 179 cm³/mol. The number of carbonyl (C=O) groups excluding carboxylic acids is 1. The molecule has 1 unspecified atom stereocenters. The monoisotopic (exact) mass is 664 g/mol. The smallest absolute Gasteiger partial charge is 0.245 e. The summed E-state index contributed by atoms with van der Waals surface area (Å²) >= 11 is 0. The van der Waals surface area contributed by atoms with Gasteiger partial charge in [-0.1, -0.05) is 24.3 Å². The first kappa shape index (κ1) is 30.9. The van der Waals surface area contributed by atoms with E-state index in [-0.39, 0.29) is 24.3 Å². The molecule has 1 saturated heterocycles. The Kier molecular flexibility index (Phi) is 7.91. The molecule has 0 spiro atoms. The number of carbonyl (C=O) groups is 1. The zero-order chi connectivity index (χ0) is 33.6. The summed E-state index contributed by atoms with van der Waals surface area (Å²) in [6, 6.07) is 16.8. The van der Waals surface area contributed by atoms with Gasteiger partial charge in [0, 0.05) is 50.3 Å². The summed E-state index contributed by atoms with van der Waals surface area (Å²) in [6.07, 6.45) is 4.76. The van der Waals surface area contributed by atoms with Crippen LogP contribution in [0.1, 0.15) is 25.0 Å². The number of anilines is 1. The first-order valence-corrected chi connectivity index (χ1v) is 16.4. The Bertz CT molecular complexity index is 2200. The van der Waals surface area contributed by atoms with Crippen molar-refractivity contribution < 1.29 is 23.4 Å². The van der Waals surface area contributed by atoms with Crippen molar-refractivity contribution >= 4 is 33.7 Å². The zero-order valence-electron chi connectivity index (χ0n) is 26.8. The Morgan fingerprint density at radius 3 is 2.80 bits per heavy atom. The van der Waals surface area contributed by atoms with Crippen LogP contribution < -0.4 is 9.64 Å². The Balaban J connectivity index is 1.21. The highest BCUT2D eigenvalue weighted by Gasteiger charge is 2.42. The van der Waals surface area contributed by atoms with Crippen LogP contribution in [0.5, 0.6) is 5.75 Å². The van der Waals surface area contributed by atoms with Crippen LogP contribution in [0, 0.1) is 11.6 Å². The summed E-state index contributed by atoms with van der Waals surface area (Å²) in [5.41, 5.74) is 4.44. The molecule has 1 fully saturated rings. The van der Waals surface area contributed by atoms with E-state index >= 15 is 0 Å². The number of rotatable bonds is 5. The number of halogens is 2. The maximum absolute atomic E-state index is 14.8. The van der Waals surface area contributed by atoms with E-state index in [2.05, 4.69) is 27.2 Å². The third-order valence-electron chi connectivity index (χ3n) is 9.47. The predicted octanol–water partition coefficient (Wildman–Crippen LogP) is 4.83. The fourth-order valence-electron chi connectivity index (χ4n) is 7.25. The third-order valence-corrected chi connectivity index (χ3v) is 9.47. The van der Waals surface area contributed by atoms with Crippen LogP contribution in [0.2, 0.25) is 0 Å². The van der Waals surface area contributed by atoms with Gasteiger partial charge in [0.15, 0.2) is 11.5 Å². The van der Waals surface area contributed by atoms with Crippen molar-refractivity contribution in [3.05, 3.63) is 90.5 Å². The molecule has 4 bridgehead atoms. The summed E-state index contributed by atoms with van der Waals surface area (Å²) in [5, 5.41) is 20.5. The number of hydrogen-bond donors (Lipinski definition) is 1. The average Bonchev–Trinajstić information content (AvgIpc) is 3.81. The number of aromatic nitrogens is 6. The molecule has 0 radical (unpaired) electrons. The van der Waals surface area contributed by atoms with Gasteiger partial charge in [0.2, 0.25) is 5.91 Å². The molecular formula is C36H34F2N8O3. The number of aryl methyl sites for hydroxylation is 2. The molecule has 0 saturated carbocycles. The van der Waals surface area contributed by atoms with E-state index in [0.29, 0.717) is 67.9 Å². The van der Waals surface area contributed by atoms with Gasteiger partial charge >= 0.3 is 0 Å². The lowest BCUT2D eigenvalue weighted by Crippen LogP contribution is -2.47. The zero-order valence-corrected chi connectivity index (χ0v) is 26.8. The molecule has 1 N–H and O–H groups in total. The first-order valence-electron chi connectivity index (χ1n) is 16.4. The Labute approximate surface area is 280 Å². The van der Waals surface area contributed by atoms with Crippen LogP contribution in [0.4, 0.5) is 14.6 Å². The van der Waals surface area contributed by atoms with Crippen molar-refractivity contribution in [1.29, 1.82) is 0 Å². The number of amides is 1. The molecule has 2 aliphatic heterocycles. The lowest BCUT2D eigenvalue weighted by Gasteiger charge is -2.31. The maximum Gasteiger partial charge on any atom is 0.245 e. The highest BCUT2D eigenvalue weighted by atomic mass is 19.1. The van der Waals surface area contributed by atoms with Crippen LogP contribution in [0.15, 0.2) is 73.2 Å². The summed E-state index contributed by atoms with van der Waals surface area (Å²) in [6.45, 7) is 1.18. The number of ether oxygens (including phenoxy) is 1. The molecule has 49 heavy (non-hydrogen) atoms. The van der Waals surface area contributed by atoms with Crippen molar-refractivity contribution in [2.45, 2.75) is 37.8 Å². The maximum atomic E-state index is 14.8. The van der Waals surface area contributed by atoms with Gasteiger partial charge < -0.3 is 19.6 Å². The Hall–Kier alpha value is -5.43. The average molecular weight is 665 g/mol. The van der Waals surface area contributed by atoms with Gasteiger partial charge in [-0.15, -0.1) is 0 Å². The lowest BCUT2D eigenvalue weighted by molar-refractivity contribution is -0.132. The molecule has 5 heterocycles. The van der Waals surface area contributed by atoms with Gasteiger partial charge in [0.25, 0.3) is 0 Å². The standard InChI is InChI=1S/C36H34F2N8O3/c1-43-31-10-4-13-44(14-5-15-47)36(48)32-18-25(49-24-7-2-6-22(16-24)26-8-3-9-29(42-43)33(26)31)20-45(32)34-27-19-41-46(35(27)40-21-39-34)30-12-11-23(37)17-28(30)38/h2-3,6-9,11-12,16-17,19,21,25,32,47H,4-5,10,13-15,18,20H2,1H3/t25?,32-/m0/s1. The van der Waals surface area contributed by atoms with E-state index < -0.39 is 17.7 Å². The van der Waals surface area contributed by atoms with Crippen LogP contribution in [-0.2, 0) is 18.3 Å². The molecule has 2 aliphatic rings. The van der Waals surface area contributed by atoms with E-state index in [1.165, 1.54) is 23.3 Å². The lowest BCUT2D eigenvalue weighted by atomic mass is 9.98. The molecule has 1 amide bonds. The summed E-state index contributed by atoms with van der Waals surface area (Å²) in [5.74, 6) is -0.430. The van der Waals surface area contributed by atoms with Crippen LogP contribution in [-0.4, -0.2) is 83.8 Å². The van der Waals surface area contributed by atoms with E-state index in [0.717, 1.165) is 39.9 Å². The van der Waals surface area contributed by atoms with E-state index in [1.54, 1.807) is 0 Å². The topological polar surface area (TPSA) is 114 Å². The minimum Gasteiger partial charge on any atom is -0.488 e. The molecule has 11 nitrogen and oxygen atoms in total. The molecule has 250 valence electrons. The first-order chi connectivity index (χ1) is 23.9. The molecule has 8 rings (SSSR count). The van der Waals surface area contributed by atoms with Crippen molar-refractivity contribution in [3.63, 3.8) is 0 Å². The van der Waals surface area contributed by atoms with Gasteiger partial charge in [-0.25, -0.2) is 23.4 Å². The summed E-state index contributed by atoms with van der Waals surface area (Å²) < 4.78 is 38.4. The second-order valence-electron chi connectivity index (χ2n) is 12.5. The van der Waals surface area contributed by atoms with E-state index in [9.17, 15) is 18.7 Å². The minimum absolute atomic E-state index is 0.0408. The highest BCUT2D eigenvalue weighted by molar-refractivity contribution is 5.97. The van der Waals surface area contributed by atoms with Crippen LogP contribution in [0.3, 0.4) is 0 Å². The van der Waals surface area contributed by atoms with Crippen molar-refractivity contribution in [2.24, 2.45) is 7.05 Å². The van der Waals surface area contributed by atoms with Gasteiger partial charge in [-0.05, 0) is 60.7 Å². The molecule has 3 aromatic heterocycles. The Morgan fingerprint density at radius 1 is 1.06 bits per heavy atom. The third kappa shape index (κ3) is 5.53.